The molecule has 1 aliphatic rings. The first-order valence-electron chi connectivity index (χ1n) is 8.53. The molecule has 1 unspecified atom stereocenters. The Balaban J connectivity index is 1.96. The van der Waals surface area contributed by atoms with Crippen LogP contribution >= 0.6 is 11.6 Å². The van der Waals surface area contributed by atoms with E-state index >= 15 is 0 Å². The molecule has 23 heavy (non-hydrogen) atoms. The monoisotopic (exact) mass is 338 g/mol. The van der Waals surface area contributed by atoms with Gasteiger partial charge in [-0.2, -0.15) is 0 Å². The Morgan fingerprint density at radius 2 is 2.13 bits per heavy atom. The van der Waals surface area contributed by atoms with Crippen LogP contribution in [0.3, 0.4) is 0 Å². The molecular weight excluding hydrogens is 312 g/mol. The highest BCUT2D eigenvalue weighted by Gasteiger charge is 2.29. The maximum atomic E-state index is 12.5. The molecule has 1 amide bonds. The van der Waals surface area contributed by atoms with Crippen LogP contribution < -0.4 is 11.1 Å². The highest BCUT2D eigenvalue weighted by Crippen LogP contribution is 2.28. The summed E-state index contributed by atoms with van der Waals surface area (Å²) in [6.45, 7) is 2.35. The van der Waals surface area contributed by atoms with Crippen molar-refractivity contribution < 1.29 is 9.53 Å². The van der Waals surface area contributed by atoms with Gasteiger partial charge in [0.1, 0.15) is 0 Å². The molecule has 0 bridgehead atoms. The minimum Gasteiger partial charge on any atom is -0.367 e. The van der Waals surface area contributed by atoms with Crippen molar-refractivity contribution in [3.63, 3.8) is 0 Å². The van der Waals surface area contributed by atoms with E-state index in [-0.39, 0.29) is 11.9 Å². The number of ether oxygens (including phenoxy) is 1. The number of carbonyl (C=O) groups excluding carboxylic acids is 1. The van der Waals surface area contributed by atoms with Crippen LogP contribution in [0.2, 0.25) is 5.02 Å². The van der Waals surface area contributed by atoms with Gasteiger partial charge in [0.25, 0.3) is 5.91 Å². The zero-order valence-corrected chi connectivity index (χ0v) is 14.5. The van der Waals surface area contributed by atoms with Gasteiger partial charge in [-0.05, 0) is 37.5 Å². The molecule has 3 N–H and O–H groups in total. The summed E-state index contributed by atoms with van der Waals surface area (Å²) in [5.41, 5.74) is 6.97. The lowest BCUT2D eigenvalue weighted by Gasteiger charge is -2.28. The van der Waals surface area contributed by atoms with E-state index in [0.29, 0.717) is 23.2 Å². The van der Waals surface area contributed by atoms with Crippen molar-refractivity contribution in [1.29, 1.82) is 0 Å². The van der Waals surface area contributed by atoms with Crippen LogP contribution in [-0.2, 0) is 9.53 Å². The predicted molar refractivity (Wildman–Crippen MR) is 94.7 cm³/mol. The van der Waals surface area contributed by atoms with Crippen molar-refractivity contribution in [3.05, 3.63) is 29.3 Å². The number of anilines is 1. The third kappa shape index (κ3) is 5.79. The first-order valence-corrected chi connectivity index (χ1v) is 8.91. The van der Waals surface area contributed by atoms with Gasteiger partial charge in [0.2, 0.25) is 0 Å². The zero-order chi connectivity index (χ0) is 16.7. The third-order valence-electron chi connectivity index (χ3n) is 4.42. The Kier molecular flexibility index (Phi) is 7.34. The predicted octanol–water partition coefficient (Wildman–Crippen LogP) is 3.98. The van der Waals surface area contributed by atoms with Crippen LogP contribution in [0.4, 0.5) is 5.69 Å². The van der Waals surface area contributed by atoms with Crippen LogP contribution in [0.5, 0.6) is 0 Å². The number of hydrogen-bond donors (Lipinski definition) is 2. The van der Waals surface area contributed by atoms with E-state index in [1.807, 2.05) is 6.92 Å². The number of carbonyl (C=O) groups is 1. The molecule has 0 saturated heterocycles. The lowest BCUT2D eigenvalue weighted by Crippen LogP contribution is -2.46. The summed E-state index contributed by atoms with van der Waals surface area (Å²) in [5, 5.41) is 3.44. The van der Waals surface area contributed by atoms with E-state index in [4.69, 9.17) is 22.1 Å². The lowest BCUT2D eigenvalue weighted by molar-refractivity contribution is -0.128. The van der Waals surface area contributed by atoms with Gasteiger partial charge in [0.05, 0.1) is 0 Å². The molecule has 0 radical (unpaired) electrons. The SMILES string of the molecule is CCOC(C(=O)Nc1cccc(Cl)c1)[C@H](N)CC1CCCCC1. The molecule has 4 nitrogen and oxygen atoms in total. The van der Waals surface area contributed by atoms with Crippen LogP contribution in [0, 0.1) is 5.92 Å². The molecule has 0 aliphatic heterocycles. The highest BCUT2D eigenvalue weighted by atomic mass is 35.5. The lowest BCUT2D eigenvalue weighted by atomic mass is 9.84. The molecule has 0 heterocycles. The molecule has 5 heteroatoms. The maximum absolute atomic E-state index is 12.5. The summed E-state index contributed by atoms with van der Waals surface area (Å²) >= 11 is 5.95. The van der Waals surface area contributed by atoms with Crippen molar-refractivity contribution in [1.82, 2.24) is 0 Å². The van der Waals surface area contributed by atoms with Crippen molar-refractivity contribution in [2.75, 3.05) is 11.9 Å². The number of amides is 1. The van der Waals surface area contributed by atoms with Crippen molar-refractivity contribution in [2.24, 2.45) is 11.7 Å². The van der Waals surface area contributed by atoms with Crippen molar-refractivity contribution in [3.8, 4) is 0 Å². The second kappa shape index (κ2) is 9.26. The smallest absolute Gasteiger partial charge is 0.255 e. The second-order valence-corrected chi connectivity index (χ2v) is 6.72. The average Bonchev–Trinajstić information content (AvgIpc) is 2.53. The summed E-state index contributed by atoms with van der Waals surface area (Å²) in [5.74, 6) is 0.415. The van der Waals surface area contributed by atoms with Gasteiger partial charge in [0, 0.05) is 23.4 Å². The number of hydrogen-bond acceptors (Lipinski definition) is 3. The van der Waals surface area contributed by atoms with Gasteiger partial charge in [-0.3, -0.25) is 4.79 Å². The Morgan fingerprint density at radius 3 is 2.78 bits per heavy atom. The molecule has 1 saturated carbocycles. The first-order chi connectivity index (χ1) is 11.1. The van der Waals surface area contributed by atoms with Crippen molar-refractivity contribution >= 4 is 23.2 Å². The number of rotatable bonds is 7. The summed E-state index contributed by atoms with van der Waals surface area (Å²) in [6.07, 6.45) is 6.49. The Morgan fingerprint density at radius 1 is 1.39 bits per heavy atom. The molecule has 2 rings (SSSR count). The van der Waals surface area contributed by atoms with Gasteiger partial charge < -0.3 is 15.8 Å². The van der Waals surface area contributed by atoms with Crippen LogP contribution in [0.1, 0.15) is 45.4 Å². The molecule has 1 aromatic carbocycles. The Bertz CT molecular complexity index is 504. The van der Waals surface area contributed by atoms with E-state index in [0.717, 1.165) is 6.42 Å². The molecule has 1 fully saturated rings. The minimum absolute atomic E-state index is 0.197. The molecule has 0 aromatic heterocycles. The van der Waals surface area contributed by atoms with E-state index in [1.54, 1.807) is 24.3 Å². The van der Waals surface area contributed by atoms with Gasteiger partial charge in [-0.15, -0.1) is 0 Å². The average molecular weight is 339 g/mol. The van der Waals surface area contributed by atoms with E-state index < -0.39 is 6.10 Å². The molecule has 128 valence electrons. The highest BCUT2D eigenvalue weighted by molar-refractivity contribution is 6.30. The topological polar surface area (TPSA) is 64.3 Å². The quantitative estimate of drug-likeness (QED) is 0.790. The van der Waals surface area contributed by atoms with Gasteiger partial charge >= 0.3 is 0 Å². The number of nitrogens with two attached hydrogens (primary N) is 1. The van der Waals surface area contributed by atoms with Crippen LogP contribution in [0.15, 0.2) is 24.3 Å². The van der Waals surface area contributed by atoms with E-state index in [1.165, 1.54) is 32.1 Å². The fraction of sp³-hybridized carbons (Fsp3) is 0.611. The number of benzene rings is 1. The van der Waals surface area contributed by atoms with Gasteiger partial charge in [0.15, 0.2) is 6.10 Å². The first kappa shape index (κ1) is 18.2. The molecule has 0 spiro atoms. The third-order valence-corrected chi connectivity index (χ3v) is 4.65. The fourth-order valence-corrected chi connectivity index (χ4v) is 3.47. The Hall–Kier alpha value is -1.10. The maximum Gasteiger partial charge on any atom is 0.255 e. The molecular formula is C18H27ClN2O2. The van der Waals surface area contributed by atoms with Crippen LogP contribution in [-0.4, -0.2) is 24.7 Å². The van der Waals surface area contributed by atoms with Gasteiger partial charge in [-0.25, -0.2) is 0 Å². The van der Waals surface area contributed by atoms with E-state index in [9.17, 15) is 4.79 Å². The van der Waals surface area contributed by atoms with Crippen molar-refractivity contribution in [2.45, 2.75) is 57.6 Å². The van der Waals surface area contributed by atoms with Crippen LogP contribution in [0.25, 0.3) is 0 Å². The van der Waals surface area contributed by atoms with Gasteiger partial charge in [-0.1, -0.05) is 49.8 Å². The summed E-state index contributed by atoms with van der Waals surface area (Å²) in [4.78, 5) is 12.5. The standard InChI is InChI=1S/C18H27ClN2O2/c1-2-23-17(16(20)11-13-7-4-3-5-8-13)18(22)21-15-10-6-9-14(19)12-15/h6,9-10,12-13,16-17H,2-5,7-8,11,20H2,1H3,(H,21,22)/t16-,17?/m1/s1. The van der Waals surface area contributed by atoms with E-state index in [2.05, 4.69) is 5.32 Å². The molecule has 2 atom stereocenters. The molecule has 1 aromatic rings. The summed E-state index contributed by atoms with van der Waals surface area (Å²) in [7, 11) is 0. The zero-order valence-electron chi connectivity index (χ0n) is 13.8. The number of nitrogens with one attached hydrogen (secondary N) is 1. The summed E-state index contributed by atoms with van der Waals surface area (Å²) < 4.78 is 5.64. The largest absolute Gasteiger partial charge is 0.367 e. The minimum atomic E-state index is -0.624. The second-order valence-electron chi connectivity index (χ2n) is 6.28. The molecule has 1 aliphatic carbocycles. The normalized spacial score (nSPS) is 18.4. The Labute approximate surface area is 143 Å². The summed E-state index contributed by atoms with van der Waals surface area (Å²) in [6, 6.07) is 6.81. The fourth-order valence-electron chi connectivity index (χ4n) is 3.28. The number of halogens is 1.